The van der Waals surface area contributed by atoms with E-state index in [1.54, 1.807) is 0 Å². The van der Waals surface area contributed by atoms with E-state index in [9.17, 15) is 0 Å². The van der Waals surface area contributed by atoms with E-state index in [-0.39, 0.29) is 18.4 Å². The van der Waals surface area contributed by atoms with Gasteiger partial charge in [0.1, 0.15) is 0 Å². The van der Waals surface area contributed by atoms with Gasteiger partial charge in [-0.1, -0.05) is 30.1 Å². The summed E-state index contributed by atoms with van der Waals surface area (Å²) in [5.74, 6) is 0.555. The van der Waals surface area contributed by atoms with Gasteiger partial charge in [0.2, 0.25) is 0 Å². The van der Waals surface area contributed by atoms with Gasteiger partial charge in [-0.05, 0) is 37.5 Å². The molecule has 5 heteroatoms. The lowest BCUT2D eigenvalue weighted by Crippen LogP contribution is -2.21. The average Bonchev–Trinajstić information content (AvgIpc) is 2.23. The van der Waals surface area contributed by atoms with Gasteiger partial charge in [-0.2, -0.15) is 0 Å². The molecule has 1 atom stereocenters. The first kappa shape index (κ1) is 16.9. The Morgan fingerprint density at radius 2 is 1.76 bits per heavy atom. The summed E-state index contributed by atoms with van der Waals surface area (Å²) in [6.07, 6.45) is 1.71. The van der Waals surface area contributed by atoms with Gasteiger partial charge in [-0.25, -0.2) is 0 Å². The fourth-order valence-electron chi connectivity index (χ4n) is 1.46. The van der Waals surface area contributed by atoms with Crippen molar-refractivity contribution in [3.8, 4) is 5.75 Å². The number of hydrogen-bond acceptors (Lipinski definition) is 2. The zero-order valence-electron chi connectivity index (χ0n) is 10.0. The van der Waals surface area contributed by atoms with Crippen LogP contribution in [0.4, 0.5) is 0 Å². The molecular formula is C12H18Cl3NO. The monoisotopic (exact) mass is 297 g/mol. The second-order valence-corrected chi connectivity index (χ2v) is 4.51. The maximum absolute atomic E-state index is 6.09. The van der Waals surface area contributed by atoms with E-state index in [4.69, 9.17) is 33.7 Å². The molecule has 2 nitrogen and oxygen atoms in total. The molecule has 1 aromatic carbocycles. The van der Waals surface area contributed by atoms with Gasteiger partial charge in [0, 0.05) is 6.04 Å². The number of nitrogens with two attached hydrogens (primary N) is 1. The molecule has 0 saturated carbocycles. The summed E-state index contributed by atoms with van der Waals surface area (Å²) in [6.45, 7) is 4.50. The van der Waals surface area contributed by atoms with Crippen molar-refractivity contribution in [2.75, 3.05) is 6.61 Å². The summed E-state index contributed by atoms with van der Waals surface area (Å²) in [5.41, 5.74) is 6.93. The third kappa shape index (κ3) is 4.92. The fraction of sp³-hybridized carbons (Fsp3) is 0.500. The highest BCUT2D eigenvalue weighted by Gasteiger charge is 2.10. The predicted octanol–water partition coefficient (Wildman–Crippen LogP) is 4.09. The minimum Gasteiger partial charge on any atom is -0.491 e. The summed E-state index contributed by atoms with van der Waals surface area (Å²) >= 11 is 12.2. The molecule has 0 aliphatic heterocycles. The third-order valence-corrected chi connectivity index (χ3v) is 2.93. The fourth-order valence-corrected chi connectivity index (χ4v) is 2.10. The van der Waals surface area contributed by atoms with Crippen LogP contribution in [-0.4, -0.2) is 12.6 Å². The number of benzene rings is 1. The summed E-state index contributed by atoms with van der Waals surface area (Å²) in [6, 6.07) is 3.88. The highest BCUT2D eigenvalue weighted by Crippen LogP contribution is 2.34. The van der Waals surface area contributed by atoms with Crippen LogP contribution in [0.3, 0.4) is 0 Å². The lowest BCUT2D eigenvalue weighted by molar-refractivity contribution is 0.340. The molecule has 0 heterocycles. The summed E-state index contributed by atoms with van der Waals surface area (Å²) in [5, 5.41) is 1.10. The quantitative estimate of drug-likeness (QED) is 0.888. The Balaban J connectivity index is 0.00000256. The van der Waals surface area contributed by atoms with E-state index in [0.29, 0.717) is 22.4 Å². The number of hydrogen-bond donors (Lipinski definition) is 1. The van der Waals surface area contributed by atoms with Crippen LogP contribution in [-0.2, 0) is 6.42 Å². The van der Waals surface area contributed by atoms with Crippen molar-refractivity contribution in [3.63, 3.8) is 0 Å². The summed E-state index contributed by atoms with van der Waals surface area (Å²) < 4.78 is 5.36. The Kier molecular flexibility index (Phi) is 7.97. The van der Waals surface area contributed by atoms with E-state index in [0.717, 1.165) is 18.4 Å². The van der Waals surface area contributed by atoms with Gasteiger partial charge in [0.25, 0.3) is 0 Å². The van der Waals surface area contributed by atoms with Crippen LogP contribution in [0.25, 0.3) is 0 Å². The molecule has 0 spiro atoms. The molecule has 98 valence electrons. The van der Waals surface area contributed by atoms with Gasteiger partial charge in [-0.3, -0.25) is 0 Å². The zero-order valence-corrected chi connectivity index (χ0v) is 12.3. The van der Waals surface area contributed by atoms with E-state index >= 15 is 0 Å². The van der Waals surface area contributed by atoms with Gasteiger partial charge < -0.3 is 10.5 Å². The van der Waals surface area contributed by atoms with E-state index in [1.807, 2.05) is 19.1 Å². The molecule has 0 fully saturated rings. The van der Waals surface area contributed by atoms with Gasteiger partial charge in [-0.15, -0.1) is 12.4 Å². The van der Waals surface area contributed by atoms with Crippen molar-refractivity contribution in [1.29, 1.82) is 0 Å². The lowest BCUT2D eigenvalue weighted by atomic mass is 10.0. The molecule has 0 aliphatic carbocycles. The number of ether oxygens (including phenoxy) is 1. The third-order valence-electron chi connectivity index (χ3n) is 2.37. The predicted molar refractivity (Wildman–Crippen MR) is 76.8 cm³/mol. The summed E-state index contributed by atoms with van der Waals surface area (Å²) in [7, 11) is 0. The molecule has 0 aliphatic rings. The first-order valence-electron chi connectivity index (χ1n) is 5.44. The maximum atomic E-state index is 6.09. The van der Waals surface area contributed by atoms with Crippen molar-refractivity contribution in [1.82, 2.24) is 0 Å². The van der Waals surface area contributed by atoms with Crippen molar-refractivity contribution in [3.05, 3.63) is 27.7 Å². The van der Waals surface area contributed by atoms with Crippen LogP contribution >= 0.6 is 35.6 Å². The number of halogens is 3. The molecule has 0 amide bonds. The van der Waals surface area contributed by atoms with Crippen LogP contribution in [0, 0.1) is 0 Å². The van der Waals surface area contributed by atoms with Gasteiger partial charge >= 0.3 is 0 Å². The van der Waals surface area contributed by atoms with Gasteiger partial charge in [0.05, 0.1) is 16.7 Å². The van der Waals surface area contributed by atoms with Crippen molar-refractivity contribution < 1.29 is 4.74 Å². The van der Waals surface area contributed by atoms with Crippen LogP contribution in [0.15, 0.2) is 12.1 Å². The molecule has 0 aromatic heterocycles. The SMILES string of the molecule is CCOc1c(Cl)cc(CC(N)CC)cc1Cl.Cl. The topological polar surface area (TPSA) is 35.2 Å². The van der Waals surface area contributed by atoms with Crippen LogP contribution in [0.5, 0.6) is 5.75 Å². The molecule has 2 N–H and O–H groups in total. The van der Waals surface area contributed by atoms with Crippen molar-refractivity contribution >= 4 is 35.6 Å². The Labute approximate surface area is 119 Å². The molecule has 1 rings (SSSR count). The first-order chi connectivity index (χ1) is 7.58. The molecule has 0 saturated heterocycles. The molecule has 0 radical (unpaired) electrons. The molecule has 1 unspecified atom stereocenters. The lowest BCUT2D eigenvalue weighted by Gasteiger charge is -2.12. The Hall–Kier alpha value is -0.150. The molecule has 1 aromatic rings. The second kappa shape index (κ2) is 8.04. The molecule has 17 heavy (non-hydrogen) atoms. The van der Waals surface area contributed by atoms with Crippen LogP contribution < -0.4 is 10.5 Å². The summed E-state index contributed by atoms with van der Waals surface area (Å²) in [4.78, 5) is 0. The standard InChI is InChI=1S/C12H17Cl2NO.ClH/c1-3-9(15)5-8-6-10(13)12(16-4-2)11(14)7-8;/h6-7,9H,3-5,15H2,1-2H3;1H. The Morgan fingerprint density at radius 3 is 2.18 bits per heavy atom. The smallest absolute Gasteiger partial charge is 0.156 e. The first-order valence-corrected chi connectivity index (χ1v) is 6.20. The van der Waals surface area contributed by atoms with E-state index in [2.05, 4.69) is 6.92 Å². The zero-order chi connectivity index (χ0) is 12.1. The molecular weight excluding hydrogens is 280 g/mol. The number of rotatable bonds is 5. The Morgan fingerprint density at radius 1 is 1.24 bits per heavy atom. The van der Waals surface area contributed by atoms with Crippen molar-refractivity contribution in [2.45, 2.75) is 32.7 Å². The van der Waals surface area contributed by atoms with Crippen molar-refractivity contribution in [2.24, 2.45) is 5.73 Å². The average molecular weight is 299 g/mol. The minimum absolute atomic E-state index is 0. The minimum atomic E-state index is 0. The van der Waals surface area contributed by atoms with Crippen LogP contribution in [0.1, 0.15) is 25.8 Å². The largest absolute Gasteiger partial charge is 0.491 e. The second-order valence-electron chi connectivity index (χ2n) is 3.69. The van der Waals surface area contributed by atoms with Crippen LogP contribution in [0.2, 0.25) is 10.0 Å². The normalized spacial score (nSPS) is 11.8. The molecule has 0 bridgehead atoms. The van der Waals surface area contributed by atoms with Gasteiger partial charge in [0.15, 0.2) is 5.75 Å². The highest BCUT2D eigenvalue weighted by molar-refractivity contribution is 6.37. The Bertz CT molecular complexity index is 335. The maximum Gasteiger partial charge on any atom is 0.156 e. The van der Waals surface area contributed by atoms with E-state index < -0.39 is 0 Å². The van der Waals surface area contributed by atoms with E-state index in [1.165, 1.54) is 0 Å². The highest BCUT2D eigenvalue weighted by atomic mass is 35.5.